The summed E-state index contributed by atoms with van der Waals surface area (Å²) in [5, 5.41) is 9.73. The summed E-state index contributed by atoms with van der Waals surface area (Å²) in [7, 11) is 0. The standard InChI is InChI=1S/C24H16ClFN2O3S/c25-19-7-4-8-20(26)18(19)13-21-22(29)28(14-15-9-11-16(12-10-15)23(30)31)24(32-21)27-17-5-2-1-3-6-17/h1-13H,14H2,(H,30,31). The van der Waals surface area contributed by atoms with E-state index in [4.69, 9.17) is 16.7 Å². The number of carbonyl (C=O) groups is 2. The summed E-state index contributed by atoms with van der Waals surface area (Å²) in [6.45, 7) is 0.180. The van der Waals surface area contributed by atoms with Crippen LogP contribution >= 0.6 is 23.4 Å². The molecule has 0 aromatic heterocycles. The zero-order valence-electron chi connectivity index (χ0n) is 16.5. The van der Waals surface area contributed by atoms with Crippen molar-refractivity contribution < 1.29 is 19.1 Å². The van der Waals surface area contributed by atoms with Gasteiger partial charge in [0.2, 0.25) is 0 Å². The molecule has 0 unspecified atom stereocenters. The molecule has 0 saturated carbocycles. The molecule has 5 nitrogen and oxygen atoms in total. The number of amides is 1. The first-order chi connectivity index (χ1) is 15.4. The van der Waals surface area contributed by atoms with Gasteiger partial charge in [-0.15, -0.1) is 0 Å². The Labute approximate surface area is 192 Å². The molecule has 160 valence electrons. The number of aliphatic imine (C=N–C) groups is 1. The average molecular weight is 467 g/mol. The van der Waals surface area contributed by atoms with Crippen LogP contribution < -0.4 is 0 Å². The number of rotatable bonds is 5. The average Bonchev–Trinajstić information content (AvgIpc) is 3.06. The molecule has 3 aromatic carbocycles. The van der Waals surface area contributed by atoms with Crippen molar-refractivity contribution in [3.8, 4) is 0 Å². The molecule has 1 saturated heterocycles. The lowest BCUT2D eigenvalue weighted by atomic mass is 10.1. The van der Waals surface area contributed by atoms with E-state index in [0.717, 1.165) is 17.3 Å². The summed E-state index contributed by atoms with van der Waals surface area (Å²) in [5.74, 6) is -1.89. The van der Waals surface area contributed by atoms with Gasteiger partial charge in [-0.3, -0.25) is 9.69 Å². The van der Waals surface area contributed by atoms with Crippen LogP contribution in [-0.2, 0) is 11.3 Å². The van der Waals surface area contributed by atoms with Crippen LogP contribution in [0.3, 0.4) is 0 Å². The highest BCUT2D eigenvalue weighted by Crippen LogP contribution is 2.36. The molecule has 1 aliphatic heterocycles. The normalized spacial score (nSPS) is 16.2. The number of benzene rings is 3. The molecule has 1 amide bonds. The van der Waals surface area contributed by atoms with Gasteiger partial charge in [0.25, 0.3) is 5.91 Å². The Morgan fingerprint density at radius 2 is 1.78 bits per heavy atom. The minimum atomic E-state index is -1.03. The van der Waals surface area contributed by atoms with Gasteiger partial charge in [0, 0.05) is 5.56 Å². The summed E-state index contributed by atoms with van der Waals surface area (Å²) in [4.78, 5) is 30.7. The third kappa shape index (κ3) is 4.74. The predicted molar refractivity (Wildman–Crippen MR) is 124 cm³/mol. The summed E-state index contributed by atoms with van der Waals surface area (Å²) >= 11 is 7.26. The van der Waals surface area contributed by atoms with Crippen LogP contribution in [0.5, 0.6) is 0 Å². The van der Waals surface area contributed by atoms with Crippen molar-refractivity contribution in [3.05, 3.63) is 105 Å². The van der Waals surface area contributed by atoms with Gasteiger partial charge in [0.05, 0.1) is 27.7 Å². The molecule has 3 aromatic rings. The monoisotopic (exact) mass is 466 g/mol. The van der Waals surface area contributed by atoms with Crippen molar-refractivity contribution in [2.45, 2.75) is 6.54 Å². The number of carboxylic acid groups (broad SMARTS) is 1. The van der Waals surface area contributed by atoms with E-state index in [9.17, 15) is 14.0 Å². The van der Waals surface area contributed by atoms with E-state index in [0.29, 0.717) is 10.9 Å². The molecular weight excluding hydrogens is 451 g/mol. The molecule has 0 radical (unpaired) electrons. The van der Waals surface area contributed by atoms with Crippen molar-refractivity contribution in [3.63, 3.8) is 0 Å². The fourth-order valence-electron chi connectivity index (χ4n) is 3.06. The fourth-order valence-corrected chi connectivity index (χ4v) is 4.26. The van der Waals surface area contributed by atoms with E-state index in [1.807, 2.05) is 30.3 Å². The van der Waals surface area contributed by atoms with Crippen LogP contribution in [0.25, 0.3) is 6.08 Å². The van der Waals surface area contributed by atoms with Crippen LogP contribution in [0.4, 0.5) is 10.1 Å². The summed E-state index contributed by atoms with van der Waals surface area (Å²) in [6.07, 6.45) is 1.43. The largest absolute Gasteiger partial charge is 0.478 e. The summed E-state index contributed by atoms with van der Waals surface area (Å²) < 4.78 is 14.3. The van der Waals surface area contributed by atoms with Crippen LogP contribution in [0.2, 0.25) is 5.02 Å². The number of amidine groups is 1. The maximum absolute atomic E-state index is 14.3. The zero-order valence-corrected chi connectivity index (χ0v) is 18.1. The molecule has 0 aliphatic carbocycles. The SMILES string of the molecule is O=C(O)c1ccc(CN2C(=O)C(=Cc3c(F)cccc3Cl)SC2=Nc2ccccc2)cc1. The molecule has 1 heterocycles. The number of nitrogens with zero attached hydrogens (tertiary/aromatic N) is 2. The smallest absolute Gasteiger partial charge is 0.335 e. The second kappa shape index (κ2) is 9.38. The quantitative estimate of drug-likeness (QED) is 0.469. The topological polar surface area (TPSA) is 70.0 Å². The van der Waals surface area contributed by atoms with Gasteiger partial charge < -0.3 is 5.11 Å². The van der Waals surface area contributed by atoms with Crippen LogP contribution in [0.1, 0.15) is 21.5 Å². The Kier molecular flexibility index (Phi) is 6.39. The summed E-state index contributed by atoms with van der Waals surface area (Å²) in [6, 6.07) is 19.8. The highest BCUT2D eigenvalue weighted by molar-refractivity contribution is 8.18. The molecule has 0 spiro atoms. The molecule has 1 fully saturated rings. The second-order valence-corrected chi connectivity index (χ2v) is 8.29. The second-order valence-electron chi connectivity index (χ2n) is 6.87. The Balaban J connectivity index is 1.71. The van der Waals surface area contributed by atoms with Crippen molar-refractivity contribution in [2.75, 3.05) is 0 Å². The first-order valence-corrected chi connectivity index (χ1v) is 10.7. The minimum Gasteiger partial charge on any atom is -0.478 e. The van der Waals surface area contributed by atoms with E-state index in [1.54, 1.807) is 18.2 Å². The zero-order chi connectivity index (χ0) is 22.7. The van der Waals surface area contributed by atoms with Gasteiger partial charge in [-0.05, 0) is 59.8 Å². The van der Waals surface area contributed by atoms with Crippen LogP contribution in [-0.4, -0.2) is 27.1 Å². The molecule has 1 aliphatic rings. The molecular formula is C24H16ClFN2O3S. The van der Waals surface area contributed by atoms with Gasteiger partial charge in [-0.25, -0.2) is 14.2 Å². The van der Waals surface area contributed by atoms with Gasteiger partial charge in [-0.2, -0.15) is 0 Å². The highest BCUT2D eigenvalue weighted by Gasteiger charge is 2.34. The first kappa shape index (κ1) is 21.8. The lowest BCUT2D eigenvalue weighted by Gasteiger charge is -2.16. The molecule has 4 rings (SSSR count). The van der Waals surface area contributed by atoms with Crippen molar-refractivity contribution in [1.82, 2.24) is 4.90 Å². The predicted octanol–water partition coefficient (Wildman–Crippen LogP) is 5.98. The van der Waals surface area contributed by atoms with E-state index in [2.05, 4.69) is 4.99 Å². The Bertz CT molecular complexity index is 1220. The summed E-state index contributed by atoms with van der Waals surface area (Å²) in [5.41, 5.74) is 1.69. The maximum Gasteiger partial charge on any atom is 0.335 e. The fraction of sp³-hybridized carbons (Fsp3) is 0.0417. The van der Waals surface area contributed by atoms with Crippen molar-refractivity contribution in [2.24, 2.45) is 4.99 Å². The van der Waals surface area contributed by atoms with Gasteiger partial charge in [0.1, 0.15) is 5.82 Å². The van der Waals surface area contributed by atoms with Crippen LogP contribution in [0, 0.1) is 5.82 Å². The molecule has 32 heavy (non-hydrogen) atoms. The minimum absolute atomic E-state index is 0.136. The van der Waals surface area contributed by atoms with E-state index < -0.39 is 11.8 Å². The number of halogens is 2. The highest BCUT2D eigenvalue weighted by atomic mass is 35.5. The number of carbonyl (C=O) groups excluding carboxylic acids is 1. The third-order valence-electron chi connectivity index (χ3n) is 4.69. The number of thioether (sulfide) groups is 1. The Morgan fingerprint density at radius 3 is 2.44 bits per heavy atom. The van der Waals surface area contributed by atoms with Gasteiger partial charge in [0.15, 0.2) is 5.17 Å². The number of aromatic carboxylic acids is 1. The lowest BCUT2D eigenvalue weighted by molar-refractivity contribution is -0.122. The number of carboxylic acids is 1. The molecule has 0 bridgehead atoms. The Hall–Kier alpha value is -3.42. The van der Waals surface area contributed by atoms with E-state index >= 15 is 0 Å². The number of hydrogen-bond acceptors (Lipinski definition) is 4. The van der Waals surface area contributed by atoms with Crippen molar-refractivity contribution in [1.29, 1.82) is 0 Å². The Morgan fingerprint density at radius 1 is 1.06 bits per heavy atom. The van der Waals surface area contributed by atoms with E-state index in [-0.39, 0.29) is 33.5 Å². The van der Waals surface area contributed by atoms with Crippen molar-refractivity contribution >= 4 is 52.2 Å². The molecule has 8 heteroatoms. The maximum atomic E-state index is 14.3. The number of para-hydroxylation sites is 1. The van der Waals surface area contributed by atoms with Gasteiger partial charge in [-0.1, -0.05) is 48.0 Å². The van der Waals surface area contributed by atoms with Crippen LogP contribution in [0.15, 0.2) is 82.7 Å². The molecule has 0 atom stereocenters. The molecule has 1 N–H and O–H groups in total. The first-order valence-electron chi connectivity index (χ1n) is 9.54. The lowest BCUT2D eigenvalue weighted by Crippen LogP contribution is -2.28. The number of hydrogen-bond donors (Lipinski definition) is 1. The third-order valence-corrected chi connectivity index (χ3v) is 6.02. The van der Waals surface area contributed by atoms with E-state index in [1.165, 1.54) is 35.2 Å². The van der Waals surface area contributed by atoms with Gasteiger partial charge >= 0.3 is 5.97 Å².